The SMILES string of the molecule is CC1NC(OCc2ccc(F)cc2F)C(Br)(C(O)C(O)c2ccccc2)C(=O)N1c1c(F)cccc1F. The Kier molecular flexibility index (Phi) is 8.00. The second-order valence-electron chi connectivity index (χ2n) is 8.58. The number of rotatable bonds is 7. The third kappa shape index (κ3) is 5.14. The average Bonchev–Trinajstić information content (AvgIpc) is 2.87. The van der Waals surface area contributed by atoms with Gasteiger partial charge >= 0.3 is 0 Å². The summed E-state index contributed by atoms with van der Waals surface area (Å²) in [7, 11) is 0. The zero-order chi connectivity index (χ0) is 26.9. The molecule has 1 amide bonds. The molecule has 1 aliphatic heterocycles. The first kappa shape index (κ1) is 27.2. The Hall–Kier alpha value is -2.83. The lowest BCUT2D eigenvalue weighted by atomic mass is 9.88. The normalized spacial score (nSPS) is 23.7. The van der Waals surface area contributed by atoms with Crippen LogP contribution in [0.2, 0.25) is 0 Å². The molecule has 196 valence electrons. The lowest BCUT2D eigenvalue weighted by Gasteiger charge is -2.49. The quantitative estimate of drug-likeness (QED) is 0.286. The van der Waals surface area contributed by atoms with Crippen molar-refractivity contribution >= 4 is 27.5 Å². The van der Waals surface area contributed by atoms with Crippen LogP contribution in [0.15, 0.2) is 66.7 Å². The molecule has 3 aromatic rings. The van der Waals surface area contributed by atoms with Crippen molar-refractivity contribution in [3.63, 3.8) is 0 Å². The molecule has 0 spiro atoms. The minimum Gasteiger partial charge on any atom is -0.388 e. The van der Waals surface area contributed by atoms with Crippen molar-refractivity contribution in [2.75, 3.05) is 4.90 Å². The van der Waals surface area contributed by atoms with Gasteiger partial charge in [-0.25, -0.2) is 17.6 Å². The maximum atomic E-state index is 14.7. The molecule has 0 saturated carbocycles. The standard InChI is InChI=1S/C26H23BrF4N2O4/c1-14-32-24(37-13-16-10-11-17(28)12-20(16)31)26(27,23(35)22(34)15-6-3-2-4-7-15)25(36)33(14)21-18(29)8-5-9-19(21)30/h2-12,14,22-24,32,34-35H,13H2,1H3. The fraction of sp³-hybridized carbons (Fsp3) is 0.269. The van der Waals surface area contributed by atoms with E-state index in [-0.39, 0.29) is 11.1 Å². The summed E-state index contributed by atoms with van der Waals surface area (Å²) in [6.45, 7) is 0.977. The average molecular weight is 583 g/mol. The predicted octanol–water partition coefficient (Wildman–Crippen LogP) is 4.30. The molecule has 37 heavy (non-hydrogen) atoms. The van der Waals surface area contributed by atoms with E-state index in [1.807, 2.05) is 0 Å². The summed E-state index contributed by atoms with van der Waals surface area (Å²) >= 11 is 3.22. The van der Waals surface area contributed by atoms with Crippen LogP contribution in [0.5, 0.6) is 0 Å². The van der Waals surface area contributed by atoms with Gasteiger partial charge in [0.05, 0.1) is 12.8 Å². The molecule has 0 radical (unpaired) electrons. The van der Waals surface area contributed by atoms with Gasteiger partial charge in [0, 0.05) is 11.6 Å². The highest BCUT2D eigenvalue weighted by Crippen LogP contribution is 2.42. The molecule has 6 nitrogen and oxygen atoms in total. The van der Waals surface area contributed by atoms with Gasteiger partial charge in [0.25, 0.3) is 5.91 Å². The Bertz CT molecular complexity index is 1260. The van der Waals surface area contributed by atoms with Crippen molar-refractivity contribution in [2.45, 2.75) is 42.5 Å². The van der Waals surface area contributed by atoms with E-state index in [9.17, 15) is 32.6 Å². The predicted molar refractivity (Wildman–Crippen MR) is 130 cm³/mol. The summed E-state index contributed by atoms with van der Waals surface area (Å²) < 4.78 is 60.5. The second-order valence-corrected chi connectivity index (χ2v) is 9.90. The maximum Gasteiger partial charge on any atom is 0.252 e. The van der Waals surface area contributed by atoms with Gasteiger partial charge in [0.1, 0.15) is 47.4 Å². The number of aliphatic hydroxyl groups excluding tert-OH is 2. The zero-order valence-corrected chi connectivity index (χ0v) is 21.0. The first-order valence-corrected chi connectivity index (χ1v) is 12.0. The summed E-state index contributed by atoms with van der Waals surface area (Å²) in [6, 6.07) is 13.9. The Morgan fingerprint density at radius 3 is 2.27 bits per heavy atom. The molecule has 1 heterocycles. The number of carbonyl (C=O) groups excluding carboxylic acids is 1. The fourth-order valence-corrected chi connectivity index (χ4v) is 4.93. The number of ether oxygens (including phenoxy) is 1. The van der Waals surface area contributed by atoms with E-state index in [4.69, 9.17) is 4.74 Å². The first-order valence-electron chi connectivity index (χ1n) is 11.2. The molecule has 3 N–H and O–H groups in total. The van der Waals surface area contributed by atoms with E-state index in [1.165, 1.54) is 19.1 Å². The Morgan fingerprint density at radius 1 is 1.00 bits per heavy atom. The van der Waals surface area contributed by atoms with Crippen LogP contribution in [0, 0.1) is 23.3 Å². The van der Waals surface area contributed by atoms with Crippen LogP contribution in [0.3, 0.4) is 0 Å². The molecule has 1 saturated heterocycles. The van der Waals surface area contributed by atoms with Crippen LogP contribution in [-0.2, 0) is 16.1 Å². The van der Waals surface area contributed by atoms with Gasteiger partial charge < -0.3 is 14.9 Å². The molecule has 0 aliphatic carbocycles. The number of amides is 1. The van der Waals surface area contributed by atoms with E-state index < -0.39 is 70.4 Å². The number of nitrogens with one attached hydrogen (secondary N) is 1. The minimum absolute atomic E-state index is 0.0428. The van der Waals surface area contributed by atoms with Crippen LogP contribution < -0.4 is 10.2 Å². The van der Waals surface area contributed by atoms with Crippen LogP contribution >= 0.6 is 15.9 Å². The van der Waals surface area contributed by atoms with E-state index in [2.05, 4.69) is 21.2 Å². The Balaban J connectivity index is 1.74. The summed E-state index contributed by atoms with van der Waals surface area (Å²) in [5.41, 5.74) is -0.452. The second kappa shape index (κ2) is 10.9. The largest absolute Gasteiger partial charge is 0.388 e. The molecule has 1 fully saturated rings. The van der Waals surface area contributed by atoms with Gasteiger partial charge in [-0.05, 0) is 30.7 Å². The van der Waals surface area contributed by atoms with Crippen molar-refractivity contribution in [3.05, 3.63) is 101 Å². The van der Waals surface area contributed by atoms with Crippen LogP contribution in [0.1, 0.15) is 24.2 Å². The molecule has 0 aromatic heterocycles. The fourth-order valence-electron chi connectivity index (χ4n) is 4.23. The highest BCUT2D eigenvalue weighted by atomic mass is 79.9. The number of aliphatic hydroxyl groups is 2. The van der Waals surface area contributed by atoms with Crippen molar-refractivity contribution in [1.82, 2.24) is 5.32 Å². The van der Waals surface area contributed by atoms with Crippen LogP contribution in [-0.4, -0.2) is 38.9 Å². The van der Waals surface area contributed by atoms with E-state index >= 15 is 0 Å². The lowest BCUT2D eigenvalue weighted by molar-refractivity contribution is -0.144. The highest BCUT2D eigenvalue weighted by Gasteiger charge is 2.59. The number of anilines is 1. The van der Waals surface area contributed by atoms with Gasteiger partial charge in [-0.1, -0.05) is 58.4 Å². The number of hydrogen-bond donors (Lipinski definition) is 3. The van der Waals surface area contributed by atoms with Crippen molar-refractivity contribution in [1.29, 1.82) is 0 Å². The number of halogens is 5. The Morgan fingerprint density at radius 2 is 1.65 bits per heavy atom. The van der Waals surface area contributed by atoms with Crippen molar-refractivity contribution in [3.8, 4) is 0 Å². The maximum absolute atomic E-state index is 14.7. The number of para-hydroxylation sites is 1. The molecular formula is C26H23BrF4N2O4. The molecule has 3 aromatic carbocycles. The molecule has 5 unspecified atom stereocenters. The molecule has 0 bridgehead atoms. The number of hydrogen-bond acceptors (Lipinski definition) is 5. The third-order valence-electron chi connectivity index (χ3n) is 6.18. The summed E-state index contributed by atoms with van der Waals surface area (Å²) in [5.74, 6) is -4.75. The van der Waals surface area contributed by atoms with Gasteiger partial charge in [0.15, 0.2) is 4.32 Å². The smallest absolute Gasteiger partial charge is 0.252 e. The number of carbonyl (C=O) groups is 1. The van der Waals surface area contributed by atoms with E-state index in [0.29, 0.717) is 6.07 Å². The lowest BCUT2D eigenvalue weighted by Crippen LogP contribution is -2.74. The van der Waals surface area contributed by atoms with Gasteiger partial charge in [-0.3, -0.25) is 15.0 Å². The summed E-state index contributed by atoms with van der Waals surface area (Å²) in [6.07, 6.45) is -6.05. The molecule has 1 aliphatic rings. The highest BCUT2D eigenvalue weighted by molar-refractivity contribution is 9.10. The number of alkyl halides is 1. The molecular weight excluding hydrogens is 560 g/mol. The Labute approximate surface area is 218 Å². The minimum atomic E-state index is -2.21. The molecule has 5 atom stereocenters. The van der Waals surface area contributed by atoms with Crippen LogP contribution in [0.4, 0.5) is 23.2 Å². The molecule has 11 heteroatoms. The van der Waals surface area contributed by atoms with E-state index in [0.717, 1.165) is 35.2 Å². The van der Waals surface area contributed by atoms with Gasteiger partial charge in [-0.2, -0.15) is 0 Å². The number of benzene rings is 3. The van der Waals surface area contributed by atoms with Gasteiger partial charge in [0.2, 0.25) is 0 Å². The third-order valence-corrected chi connectivity index (χ3v) is 7.40. The summed E-state index contributed by atoms with van der Waals surface area (Å²) in [5, 5.41) is 25.1. The van der Waals surface area contributed by atoms with Crippen molar-refractivity contribution in [2.24, 2.45) is 0 Å². The number of nitrogens with zero attached hydrogens (tertiary/aromatic N) is 1. The van der Waals surface area contributed by atoms with Crippen LogP contribution in [0.25, 0.3) is 0 Å². The topological polar surface area (TPSA) is 82.0 Å². The first-order chi connectivity index (χ1) is 17.6. The van der Waals surface area contributed by atoms with E-state index in [1.54, 1.807) is 18.2 Å². The van der Waals surface area contributed by atoms with Crippen molar-refractivity contribution < 1.29 is 37.3 Å². The zero-order valence-electron chi connectivity index (χ0n) is 19.4. The van der Waals surface area contributed by atoms with Gasteiger partial charge in [-0.15, -0.1) is 0 Å². The molecule has 4 rings (SSSR count). The summed E-state index contributed by atoms with van der Waals surface area (Å²) in [4.78, 5) is 14.7. The monoisotopic (exact) mass is 582 g/mol.